The lowest BCUT2D eigenvalue weighted by Crippen LogP contribution is -2.21. The fourth-order valence-electron chi connectivity index (χ4n) is 0.966. The number of tetrazole rings is 1. The van der Waals surface area contributed by atoms with E-state index in [9.17, 15) is 5.11 Å². The third-order valence-corrected chi connectivity index (χ3v) is 1.96. The van der Waals surface area contributed by atoms with E-state index in [0.717, 1.165) is 12.2 Å². The van der Waals surface area contributed by atoms with E-state index in [2.05, 4.69) is 15.5 Å². The van der Waals surface area contributed by atoms with E-state index in [1.807, 2.05) is 13.8 Å². The number of nitrogens with zero attached hydrogens (tertiary/aromatic N) is 4. The molecule has 1 N–H and O–H groups in total. The maximum absolute atomic E-state index is 9.30. The first-order valence-electron chi connectivity index (χ1n) is 4.11. The smallest absolute Gasteiger partial charge is 0.151 e. The summed E-state index contributed by atoms with van der Waals surface area (Å²) in [5.41, 5.74) is 0. The van der Waals surface area contributed by atoms with Crippen LogP contribution in [0.3, 0.4) is 0 Å². The Kier molecular flexibility index (Phi) is 2.75. The zero-order valence-corrected chi connectivity index (χ0v) is 7.60. The molecule has 5 heteroatoms. The molecule has 0 aliphatic rings. The van der Waals surface area contributed by atoms with Crippen LogP contribution >= 0.6 is 0 Å². The topological polar surface area (TPSA) is 63.8 Å². The molecule has 0 radical (unpaired) electrons. The van der Waals surface area contributed by atoms with Gasteiger partial charge in [0, 0.05) is 6.42 Å². The van der Waals surface area contributed by atoms with Crippen molar-refractivity contribution in [3.8, 4) is 0 Å². The van der Waals surface area contributed by atoms with Crippen LogP contribution in [0.2, 0.25) is 0 Å². The van der Waals surface area contributed by atoms with Crippen LogP contribution in [0, 0.1) is 0 Å². The quantitative estimate of drug-likeness (QED) is 0.702. The average Bonchev–Trinajstić information content (AvgIpc) is 2.49. The second kappa shape index (κ2) is 3.62. The van der Waals surface area contributed by atoms with Gasteiger partial charge in [-0.25, -0.2) is 4.68 Å². The van der Waals surface area contributed by atoms with E-state index in [-0.39, 0.29) is 6.04 Å². The Labute approximate surface area is 71.4 Å². The van der Waals surface area contributed by atoms with E-state index < -0.39 is 6.10 Å². The highest BCUT2D eigenvalue weighted by molar-refractivity contribution is 4.83. The molecule has 0 spiro atoms. The molecule has 0 aromatic carbocycles. The molecule has 2 atom stereocenters. The molecule has 0 amide bonds. The Morgan fingerprint density at radius 1 is 1.50 bits per heavy atom. The summed E-state index contributed by atoms with van der Waals surface area (Å²) in [7, 11) is 0. The monoisotopic (exact) mass is 170 g/mol. The molecular weight excluding hydrogens is 156 g/mol. The van der Waals surface area contributed by atoms with Gasteiger partial charge in [-0.1, -0.05) is 6.92 Å². The molecule has 0 aliphatic heterocycles. The maximum atomic E-state index is 9.30. The Bertz CT molecular complexity index is 245. The second-order valence-electron chi connectivity index (χ2n) is 2.87. The maximum Gasteiger partial charge on any atom is 0.151 e. The van der Waals surface area contributed by atoms with Crippen molar-refractivity contribution in [1.82, 2.24) is 20.2 Å². The minimum atomic E-state index is -0.432. The third-order valence-electron chi connectivity index (χ3n) is 1.96. The Hall–Kier alpha value is -0.970. The average molecular weight is 170 g/mol. The number of aryl methyl sites for hydroxylation is 1. The molecule has 0 aliphatic carbocycles. The molecular formula is C7H14N4O. The van der Waals surface area contributed by atoms with Crippen molar-refractivity contribution in [2.24, 2.45) is 0 Å². The predicted octanol–water partition coefficient (Wildman–Crippen LogP) is 0.177. The van der Waals surface area contributed by atoms with Crippen molar-refractivity contribution in [3.63, 3.8) is 0 Å². The van der Waals surface area contributed by atoms with Gasteiger partial charge in [-0.05, 0) is 24.3 Å². The van der Waals surface area contributed by atoms with E-state index in [1.165, 1.54) is 0 Å². The molecule has 2 unspecified atom stereocenters. The van der Waals surface area contributed by atoms with Crippen LogP contribution in [-0.2, 0) is 6.42 Å². The molecule has 0 fully saturated rings. The summed E-state index contributed by atoms with van der Waals surface area (Å²) in [6.07, 6.45) is 0.350. The van der Waals surface area contributed by atoms with Crippen LogP contribution in [-0.4, -0.2) is 31.4 Å². The zero-order chi connectivity index (χ0) is 9.14. The first-order valence-corrected chi connectivity index (χ1v) is 4.11. The van der Waals surface area contributed by atoms with Gasteiger partial charge in [0.25, 0.3) is 0 Å². The van der Waals surface area contributed by atoms with Crippen molar-refractivity contribution in [2.75, 3.05) is 0 Å². The van der Waals surface area contributed by atoms with Crippen LogP contribution in [0.5, 0.6) is 0 Å². The third kappa shape index (κ3) is 1.61. The van der Waals surface area contributed by atoms with Crippen molar-refractivity contribution in [2.45, 2.75) is 39.3 Å². The molecule has 0 saturated heterocycles. The number of aliphatic hydroxyl groups excluding tert-OH is 1. The zero-order valence-electron chi connectivity index (χ0n) is 7.60. The SMILES string of the molecule is CCc1nnnn1C(C)C(C)O. The minimum absolute atomic E-state index is 0.0602. The van der Waals surface area contributed by atoms with E-state index in [0.29, 0.717) is 0 Å². The summed E-state index contributed by atoms with van der Waals surface area (Å²) in [4.78, 5) is 0. The van der Waals surface area contributed by atoms with Crippen LogP contribution in [0.4, 0.5) is 0 Å². The predicted molar refractivity (Wildman–Crippen MR) is 43.6 cm³/mol. The molecule has 1 rings (SSSR count). The van der Waals surface area contributed by atoms with Crippen LogP contribution in [0.1, 0.15) is 32.6 Å². The summed E-state index contributed by atoms with van der Waals surface area (Å²) in [6, 6.07) is -0.0602. The molecule has 12 heavy (non-hydrogen) atoms. The Balaban J connectivity index is 2.86. The summed E-state index contributed by atoms with van der Waals surface area (Å²) < 4.78 is 1.66. The first kappa shape index (κ1) is 9.12. The van der Waals surface area contributed by atoms with Crippen molar-refractivity contribution in [3.05, 3.63) is 5.82 Å². The van der Waals surface area contributed by atoms with Gasteiger partial charge in [0.15, 0.2) is 5.82 Å². The highest BCUT2D eigenvalue weighted by atomic mass is 16.3. The lowest BCUT2D eigenvalue weighted by molar-refractivity contribution is 0.129. The van der Waals surface area contributed by atoms with E-state index >= 15 is 0 Å². The van der Waals surface area contributed by atoms with Crippen molar-refractivity contribution >= 4 is 0 Å². The molecule has 68 valence electrons. The van der Waals surface area contributed by atoms with Crippen LogP contribution in [0.15, 0.2) is 0 Å². The minimum Gasteiger partial charge on any atom is -0.391 e. The Morgan fingerprint density at radius 2 is 2.17 bits per heavy atom. The number of rotatable bonds is 3. The van der Waals surface area contributed by atoms with Gasteiger partial charge in [-0.15, -0.1) is 5.10 Å². The summed E-state index contributed by atoms with van der Waals surface area (Å²) in [5.74, 6) is 0.809. The Morgan fingerprint density at radius 3 is 2.67 bits per heavy atom. The summed E-state index contributed by atoms with van der Waals surface area (Å²) >= 11 is 0. The van der Waals surface area contributed by atoms with Gasteiger partial charge in [-0.2, -0.15) is 0 Å². The van der Waals surface area contributed by atoms with Gasteiger partial charge in [-0.3, -0.25) is 0 Å². The number of aromatic nitrogens is 4. The standard InChI is InChI=1S/C7H14N4O/c1-4-7-8-9-10-11(7)5(2)6(3)12/h5-6,12H,4H2,1-3H3. The number of aliphatic hydroxyl groups is 1. The second-order valence-corrected chi connectivity index (χ2v) is 2.87. The normalized spacial score (nSPS) is 16.0. The molecule has 1 aromatic rings. The molecule has 0 saturated carbocycles. The fourth-order valence-corrected chi connectivity index (χ4v) is 0.966. The highest BCUT2D eigenvalue weighted by Gasteiger charge is 2.15. The van der Waals surface area contributed by atoms with Crippen LogP contribution < -0.4 is 0 Å². The van der Waals surface area contributed by atoms with Gasteiger partial charge in [0.2, 0.25) is 0 Å². The largest absolute Gasteiger partial charge is 0.391 e. The highest BCUT2D eigenvalue weighted by Crippen LogP contribution is 2.10. The number of hydrogen-bond donors (Lipinski definition) is 1. The summed E-state index contributed by atoms with van der Waals surface area (Å²) in [6.45, 7) is 5.60. The van der Waals surface area contributed by atoms with E-state index in [1.54, 1.807) is 11.6 Å². The number of hydrogen-bond acceptors (Lipinski definition) is 4. The fraction of sp³-hybridized carbons (Fsp3) is 0.857. The molecule has 1 heterocycles. The van der Waals surface area contributed by atoms with Gasteiger partial charge >= 0.3 is 0 Å². The molecule has 1 aromatic heterocycles. The van der Waals surface area contributed by atoms with Gasteiger partial charge in [0.1, 0.15) is 0 Å². The molecule has 5 nitrogen and oxygen atoms in total. The van der Waals surface area contributed by atoms with E-state index in [4.69, 9.17) is 0 Å². The summed E-state index contributed by atoms with van der Waals surface area (Å²) in [5, 5.41) is 20.5. The van der Waals surface area contributed by atoms with Crippen molar-refractivity contribution < 1.29 is 5.11 Å². The lowest BCUT2D eigenvalue weighted by Gasteiger charge is -2.15. The first-order chi connectivity index (χ1) is 5.66. The molecule has 0 bridgehead atoms. The lowest BCUT2D eigenvalue weighted by atomic mass is 10.2. The van der Waals surface area contributed by atoms with Gasteiger partial charge < -0.3 is 5.11 Å². The van der Waals surface area contributed by atoms with Gasteiger partial charge in [0.05, 0.1) is 12.1 Å². The van der Waals surface area contributed by atoms with Crippen LogP contribution in [0.25, 0.3) is 0 Å². The van der Waals surface area contributed by atoms with Crippen molar-refractivity contribution in [1.29, 1.82) is 0 Å².